The van der Waals surface area contributed by atoms with Gasteiger partial charge in [-0.15, -0.1) is 11.8 Å². The molecule has 246 valence electrons. The minimum atomic E-state index is -1.31. The summed E-state index contributed by atoms with van der Waals surface area (Å²) in [6.45, 7) is 7.43. The van der Waals surface area contributed by atoms with E-state index in [4.69, 9.17) is 10.5 Å². The van der Waals surface area contributed by atoms with Gasteiger partial charge < -0.3 is 31.1 Å². The zero-order chi connectivity index (χ0) is 33.4. The standard InChI is InChI=1S/C31H39F3N4O6S/c1-16(2)26(31(42)43)37-28(40)27(17(3)4)44-21-7-5-18(6-8-21)15-36-29(41)30-38(9-10-45-30)25(39)13-20(35)11-19-12-23(33)24(34)14-22(19)32/h5-8,12,14,16-17,20,26-27,30H,9-11,13,15,35H2,1-4H3,(H,36,41)(H,37,40)(H,42,43)/t20-,26+,27?,30?/m1/s1. The predicted octanol–water partition coefficient (Wildman–Crippen LogP) is 3.21. The van der Waals surface area contributed by atoms with E-state index in [1.165, 1.54) is 16.7 Å². The number of nitrogens with two attached hydrogens (primary N) is 1. The number of halogens is 3. The van der Waals surface area contributed by atoms with Gasteiger partial charge in [0.25, 0.3) is 11.8 Å². The first kappa shape index (κ1) is 35.7. The highest BCUT2D eigenvalue weighted by molar-refractivity contribution is 8.00. The summed E-state index contributed by atoms with van der Waals surface area (Å²) in [5.74, 6) is -5.59. The molecule has 0 bridgehead atoms. The Kier molecular flexibility index (Phi) is 12.7. The maximum Gasteiger partial charge on any atom is 0.326 e. The lowest BCUT2D eigenvalue weighted by molar-refractivity contribution is -0.144. The van der Waals surface area contributed by atoms with Crippen molar-refractivity contribution >= 4 is 35.5 Å². The third-order valence-electron chi connectivity index (χ3n) is 7.19. The van der Waals surface area contributed by atoms with Crippen LogP contribution in [0.1, 0.15) is 45.2 Å². The highest BCUT2D eigenvalue weighted by Gasteiger charge is 2.35. The number of carbonyl (C=O) groups excluding carboxylic acids is 3. The van der Waals surface area contributed by atoms with Gasteiger partial charge in [-0.05, 0) is 47.6 Å². The predicted molar refractivity (Wildman–Crippen MR) is 163 cm³/mol. The normalized spacial score (nSPS) is 16.8. The topological polar surface area (TPSA) is 151 Å². The van der Waals surface area contributed by atoms with E-state index in [2.05, 4.69) is 10.6 Å². The first-order valence-corrected chi connectivity index (χ1v) is 15.6. The fourth-order valence-electron chi connectivity index (χ4n) is 4.71. The molecule has 2 unspecified atom stereocenters. The first-order valence-electron chi connectivity index (χ1n) is 14.5. The molecule has 0 radical (unpaired) electrons. The molecule has 0 aromatic heterocycles. The molecule has 3 amide bonds. The van der Waals surface area contributed by atoms with Crippen LogP contribution >= 0.6 is 11.8 Å². The molecule has 45 heavy (non-hydrogen) atoms. The van der Waals surface area contributed by atoms with Crippen LogP contribution in [0.25, 0.3) is 0 Å². The Hall–Kier alpha value is -3.78. The fourth-order valence-corrected chi connectivity index (χ4v) is 5.87. The maximum absolute atomic E-state index is 14.0. The van der Waals surface area contributed by atoms with E-state index in [9.17, 15) is 37.5 Å². The van der Waals surface area contributed by atoms with Gasteiger partial charge in [-0.3, -0.25) is 14.4 Å². The quantitative estimate of drug-likeness (QED) is 0.227. The molecule has 0 spiro atoms. The van der Waals surface area contributed by atoms with Crippen LogP contribution in [0.2, 0.25) is 0 Å². The van der Waals surface area contributed by atoms with Gasteiger partial charge in [-0.1, -0.05) is 39.8 Å². The number of carbonyl (C=O) groups is 4. The zero-order valence-electron chi connectivity index (χ0n) is 25.5. The summed E-state index contributed by atoms with van der Waals surface area (Å²) in [7, 11) is 0. The second-order valence-corrected chi connectivity index (χ2v) is 12.7. The molecule has 0 aliphatic carbocycles. The monoisotopic (exact) mass is 652 g/mol. The molecule has 1 heterocycles. The van der Waals surface area contributed by atoms with Crippen molar-refractivity contribution in [3.63, 3.8) is 0 Å². The molecule has 5 N–H and O–H groups in total. The minimum Gasteiger partial charge on any atom is -0.480 e. The van der Waals surface area contributed by atoms with E-state index in [0.29, 0.717) is 24.1 Å². The van der Waals surface area contributed by atoms with Crippen LogP contribution in [-0.4, -0.2) is 69.6 Å². The smallest absolute Gasteiger partial charge is 0.326 e. The van der Waals surface area contributed by atoms with Crippen molar-refractivity contribution in [3.05, 3.63) is 65.0 Å². The van der Waals surface area contributed by atoms with E-state index >= 15 is 0 Å². The number of hydrogen-bond acceptors (Lipinski definition) is 7. The number of nitrogens with zero attached hydrogens (tertiary/aromatic N) is 1. The van der Waals surface area contributed by atoms with Gasteiger partial charge in [-0.2, -0.15) is 0 Å². The molecule has 1 fully saturated rings. The summed E-state index contributed by atoms with van der Waals surface area (Å²) in [4.78, 5) is 51.6. The molecule has 3 rings (SSSR count). The number of rotatable bonds is 14. The van der Waals surface area contributed by atoms with Crippen LogP contribution in [-0.2, 0) is 32.1 Å². The molecule has 2 aromatic rings. The Morgan fingerprint density at radius 2 is 1.67 bits per heavy atom. The highest BCUT2D eigenvalue weighted by atomic mass is 32.2. The Morgan fingerprint density at radius 3 is 2.27 bits per heavy atom. The van der Waals surface area contributed by atoms with Gasteiger partial charge in [0.15, 0.2) is 23.1 Å². The van der Waals surface area contributed by atoms with Crippen molar-refractivity contribution in [2.75, 3.05) is 12.3 Å². The summed E-state index contributed by atoms with van der Waals surface area (Å²) >= 11 is 1.29. The number of carboxylic acids is 1. The second kappa shape index (κ2) is 16.0. The van der Waals surface area contributed by atoms with Gasteiger partial charge in [0.2, 0.25) is 5.91 Å². The van der Waals surface area contributed by atoms with E-state index in [1.807, 2.05) is 0 Å². The number of carboxylic acid groups (broad SMARTS) is 1. The molecule has 10 nitrogen and oxygen atoms in total. The lowest BCUT2D eigenvalue weighted by atomic mass is 10.0. The van der Waals surface area contributed by atoms with Crippen LogP contribution in [0.15, 0.2) is 36.4 Å². The number of benzene rings is 2. The summed E-state index contributed by atoms with van der Waals surface area (Å²) in [5.41, 5.74) is 6.60. The molecule has 1 aliphatic heterocycles. The first-order chi connectivity index (χ1) is 21.2. The van der Waals surface area contributed by atoms with E-state index < -0.39 is 58.8 Å². The summed E-state index contributed by atoms with van der Waals surface area (Å²) < 4.78 is 46.6. The Morgan fingerprint density at radius 1 is 1.02 bits per heavy atom. The third-order valence-corrected chi connectivity index (χ3v) is 8.39. The Bertz CT molecular complexity index is 1380. The Labute approximate surface area is 264 Å². The van der Waals surface area contributed by atoms with Crippen LogP contribution in [0.5, 0.6) is 5.75 Å². The molecule has 4 atom stereocenters. The second-order valence-electron chi connectivity index (χ2n) is 11.5. The highest BCUT2D eigenvalue weighted by Crippen LogP contribution is 2.26. The van der Waals surface area contributed by atoms with Crippen molar-refractivity contribution in [1.82, 2.24) is 15.5 Å². The number of nitrogens with one attached hydrogen (secondary N) is 2. The largest absolute Gasteiger partial charge is 0.480 e. The SMILES string of the molecule is CC(C)C(Oc1ccc(CNC(=O)C2SCCN2C(=O)C[C@H](N)Cc2cc(F)c(F)cc2F)cc1)C(=O)N[C@H](C(=O)O)C(C)C. The van der Waals surface area contributed by atoms with Crippen LogP contribution in [0, 0.1) is 29.3 Å². The molecular formula is C31H39F3N4O6S. The molecule has 1 aliphatic rings. The molecule has 2 aromatic carbocycles. The lowest BCUT2D eigenvalue weighted by Gasteiger charge is -2.25. The molecular weight excluding hydrogens is 613 g/mol. The molecule has 0 saturated carbocycles. The number of hydrogen-bond donors (Lipinski definition) is 4. The van der Waals surface area contributed by atoms with Gasteiger partial charge in [-0.25, -0.2) is 18.0 Å². The number of amides is 3. The van der Waals surface area contributed by atoms with Crippen LogP contribution in [0.3, 0.4) is 0 Å². The number of aliphatic carboxylic acids is 1. The van der Waals surface area contributed by atoms with Crippen molar-refractivity contribution < 1.29 is 42.2 Å². The van der Waals surface area contributed by atoms with Crippen molar-refractivity contribution in [2.45, 2.75) is 70.6 Å². The maximum atomic E-state index is 14.0. The summed E-state index contributed by atoms with van der Waals surface area (Å²) in [6, 6.07) is 5.93. The van der Waals surface area contributed by atoms with Crippen molar-refractivity contribution in [1.29, 1.82) is 0 Å². The van der Waals surface area contributed by atoms with Gasteiger partial charge in [0.05, 0.1) is 0 Å². The molecule has 14 heteroatoms. The minimum absolute atomic E-state index is 0.142. The van der Waals surface area contributed by atoms with Crippen LogP contribution < -0.4 is 21.1 Å². The van der Waals surface area contributed by atoms with Gasteiger partial charge >= 0.3 is 5.97 Å². The van der Waals surface area contributed by atoms with Crippen molar-refractivity contribution in [3.8, 4) is 5.75 Å². The van der Waals surface area contributed by atoms with Crippen LogP contribution in [0.4, 0.5) is 13.2 Å². The lowest BCUT2D eigenvalue weighted by Crippen LogP contribution is -2.51. The van der Waals surface area contributed by atoms with Crippen molar-refractivity contribution in [2.24, 2.45) is 17.6 Å². The van der Waals surface area contributed by atoms with Gasteiger partial charge in [0.1, 0.15) is 17.6 Å². The summed E-state index contributed by atoms with van der Waals surface area (Å²) in [5, 5.41) is 13.9. The fraction of sp³-hybridized carbons (Fsp3) is 0.484. The number of ether oxygens (including phenoxy) is 1. The zero-order valence-corrected chi connectivity index (χ0v) is 26.3. The third kappa shape index (κ3) is 9.85. The summed E-state index contributed by atoms with van der Waals surface area (Å²) in [6.07, 6.45) is -1.33. The average Bonchev–Trinajstić information content (AvgIpc) is 3.46. The van der Waals surface area contributed by atoms with E-state index in [-0.39, 0.29) is 42.7 Å². The number of thioether (sulfide) groups is 1. The van der Waals surface area contributed by atoms with E-state index in [1.54, 1.807) is 52.0 Å². The van der Waals surface area contributed by atoms with E-state index in [0.717, 1.165) is 11.6 Å². The average molecular weight is 653 g/mol. The molecule has 1 saturated heterocycles. The Balaban J connectivity index is 1.53. The van der Waals surface area contributed by atoms with Gasteiger partial charge in [0, 0.05) is 37.4 Å².